The van der Waals surface area contributed by atoms with Crippen molar-refractivity contribution in [2.75, 3.05) is 25.6 Å². The minimum atomic E-state index is -5.48. The Labute approximate surface area is 432 Å². The summed E-state index contributed by atoms with van der Waals surface area (Å²) in [5.41, 5.74) is 4.57. The molecule has 0 radical (unpaired) electrons. The van der Waals surface area contributed by atoms with E-state index >= 15 is 0 Å². The summed E-state index contributed by atoms with van der Waals surface area (Å²) in [6.07, 6.45) is 37.2. The van der Waals surface area contributed by atoms with Crippen molar-refractivity contribution in [2.24, 2.45) is 0 Å². The summed E-state index contributed by atoms with van der Waals surface area (Å²) >= 11 is 0. The number of rotatable bonds is 42. The number of carbonyl (C=O) groups excluding carboxylic acids is 2. The molecule has 1 saturated heterocycles. The first-order valence-corrected chi connectivity index (χ1v) is 29.0. The van der Waals surface area contributed by atoms with Crippen LogP contribution in [0.15, 0.2) is 90.0 Å². The van der Waals surface area contributed by atoms with Gasteiger partial charge in [0.05, 0.1) is 19.3 Å². The number of anilines is 1. The molecule has 414 valence electrons. The Morgan fingerprint density at radius 2 is 1.32 bits per heavy atom. The molecule has 0 aliphatic carbocycles. The molecular formula is C52H85N3O16P2. The number of phosphoric acid groups is 2. The van der Waals surface area contributed by atoms with Crippen LogP contribution >= 0.6 is 15.6 Å². The molecule has 1 aromatic heterocycles. The first-order chi connectivity index (χ1) is 35.1. The minimum Gasteiger partial charge on any atom is -0.462 e. The Bertz CT molecular complexity index is 2020. The third-order valence-corrected chi connectivity index (χ3v) is 14.0. The molecule has 8 atom stereocenters. The molecule has 1 aliphatic heterocycles. The predicted molar refractivity (Wildman–Crippen MR) is 281 cm³/mol. The third-order valence-electron chi connectivity index (χ3n) is 11.4. The first-order valence-electron chi connectivity index (χ1n) is 26.1. The van der Waals surface area contributed by atoms with Gasteiger partial charge in [0.25, 0.3) is 0 Å². The van der Waals surface area contributed by atoms with E-state index in [-0.39, 0.29) is 31.5 Å². The first kappa shape index (κ1) is 65.3. The number of allylic oxidation sites excluding steroid dienone is 11. The Hall–Kier alpha value is -3.84. The van der Waals surface area contributed by atoms with Crippen LogP contribution in [-0.2, 0) is 46.3 Å². The van der Waals surface area contributed by atoms with E-state index in [0.29, 0.717) is 6.42 Å². The maximum absolute atomic E-state index is 12.9. The molecule has 0 spiro atoms. The van der Waals surface area contributed by atoms with Gasteiger partial charge in [0.2, 0.25) is 0 Å². The van der Waals surface area contributed by atoms with Crippen molar-refractivity contribution in [3.63, 3.8) is 0 Å². The van der Waals surface area contributed by atoms with E-state index in [0.717, 1.165) is 87.8 Å². The van der Waals surface area contributed by atoms with Gasteiger partial charge in [-0.2, -0.15) is 9.29 Å². The number of nitrogen functional groups attached to an aromatic ring is 1. The van der Waals surface area contributed by atoms with Gasteiger partial charge in [0.15, 0.2) is 12.3 Å². The number of unbranched alkanes of at least 4 members (excludes halogenated alkanes) is 13. The summed E-state index contributed by atoms with van der Waals surface area (Å²) in [4.78, 5) is 62.0. The van der Waals surface area contributed by atoms with Crippen LogP contribution in [0.25, 0.3) is 0 Å². The summed E-state index contributed by atoms with van der Waals surface area (Å²) in [5, 5.41) is 31.3. The molecule has 1 aromatic rings. The number of carbonyl (C=O) groups is 2. The van der Waals surface area contributed by atoms with Crippen LogP contribution in [0.5, 0.6) is 0 Å². The van der Waals surface area contributed by atoms with E-state index in [9.17, 15) is 48.6 Å². The number of ether oxygens (including phenoxy) is 3. The SMILES string of the molecule is CC/C=C\C/C=C\C/C=C\C/C=C\C=C\C(O)CCCC(=O)O[C@H](COC(=O)CCCCCCCCC/C=C\CCCCCCCC)COP(=O)(O)OP(=O)(O)OC[C@H]1O[C@@H](n2ccc(N)nc2=O)[C@H](O)[C@@H]1O. The van der Waals surface area contributed by atoms with E-state index in [2.05, 4.69) is 65.7 Å². The van der Waals surface area contributed by atoms with Crippen molar-refractivity contribution >= 4 is 33.4 Å². The Morgan fingerprint density at radius 1 is 0.740 bits per heavy atom. The highest BCUT2D eigenvalue weighted by Crippen LogP contribution is 2.60. The maximum Gasteiger partial charge on any atom is 0.481 e. The van der Waals surface area contributed by atoms with Gasteiger partial charge in [-0.25, -0.2) is 13.9 Å². The van der Waals surface area contributed by atoms with Gasteiger partial charge in [0, 0.05) is 19.0 Å². The Balaban J connectivity index is 1.85. The number of aromatic nitrogens is 2. The number of nitrogens with two attached hydrogens (primary N) is 1. The number of aliphatic hydroxyl groups is 3. The molecular weight excluding hydrogens is 985 g/mol. The third kappa shape index (κ3) is 32.3. The number of hydrogen-bond donors (Lipinski definition) is 6. The molecule has 0 saturated carbocycles. The molecule has 3 unspecified atom stereocenters. The van der Waals surface area contributed by atoms with Gasteiger partial charge < -0.3 is 45.1 Å². The maximum atomic E-state index is 12.9. The number of nitrogens with zero attached hydrogens (tertiary/aromatic N) is 2. The highest BCUT2D eigenvalue weighted by atomic mass is 31.3. The van der Waals surface area contributed by atoms with Crippen molar-refractivity contribution < 1.29 is 71.4 Å². The molecule has 21 heteroatoms. The predicted octanol–water partition coefficient (Wildman–Crippen LogP) is 9.86. The highest BCUT2D eigenvalue weighted by molar-refractivity contribution is 7.61. The monoisotopic (exact) mass is 1070 g/mol. The van der Waals surface area contributed by atoms with Crippen LogP contribution in [0.2, 0.25) is 0 Å². The van der Waals surface area contributed by atoms with Crippen molar-refractivity contribution in [3.05, 3.63) is 95.7 Å². The lowest BCUT2D eigenvalue weighted by atomic mass is 10.1. The van der Waals surface area contributed by atoms with Crippen LogP contribution in [0.3, 0.4) is 0 Å². The Kier molecular flexibility index (Phi) is 35.4. The van der Waals surface area contributed by atoms with Gasteiger partial charge in [0.1, 0.15) is 30.7 Å². The van der Waals surface area contributed by atoms with Crippen molar-refractivity contribution in [1.82, 2.24) is 9.55 Å². The van der Waals surface area contributed by atoms with Gasteiger partial charge >= 0.3 is 33.3 Å². The molecule has 0 amide bonds. The fraction of sp³-hybridized carbons (Fsp3) is 0.654. The second kappa shape index (κ2) is 39.6. The van der Waals surface area contributed by atoms with E-state index in [1.807, 2.05) is 18.2 Å². The van der Waals surface area contributed by atoms with E-state index in [1.54, 1.807) is 12.2 Å². The zero-order valence-corrected chi connectivity index (χ0v) is 44.8. The zero-order chi connectivity index (χ0) is 53.6. The lowest BCUT2D eigenvalue weighted by molar-refractivity contribution is -0.161. The standard InChI is InChI=1S/C52H85N3O16P2/c1-3-5-7-9-11-13-15-17-18-19-20-22-24-26-28-30-32-36-47(57)66-40-44(69-48(58)37-33-35-43(56)34-31-29-27-25-23-21-16-14-12-10-8-6-4-2)41-67-72(62,63)71-73(64,65)68-42-45-49(59)50(60)51(70-45)55-39-38-46(53)54-52(55)61/h6,8,12,14,17-18,21,23,27,29,31,34,38-39,43-45,49-51,56,59-60H,3-5,7,9-11,13,15-16,19-20,22,24-26,28,30,32-33,35-37,40-42H2,1-2H3,(H,62,63)(H,64,65)(H2,53,54,61)/b8-6-,14-12-,18-17-,23-21-,29-27-,34-31+/t43?,44-,45-,49-,50-,51-/m1/s1. The van der Waals surface area contributed by atoms with Crippen molar-refractivity contribution in [2.45, 2.75) is 198 Å². The van der Waals surface area contributed by atoms with Crippen LogP contribution in [0.1, 0.15) is 168 Å². The van der Waals surface area contributed by atoms with Crippen LogP contribution < -0.4 is 11.4 Å². The normalized spacial score (nSPS) is 20.0. The van der Waals surface area contributed by atoms with Gasteiger partial charge in [-0.1, -0.05) is 151 Å². The lowest BCUT2D eigenvalue weighted by Crippen LogP contribution is -2.36. The fourth-order valence-corrected chi connectivity index (χ4v) is 9.45. The lowest BCUT2D eigenvalue weighted by Gasteiger charge is -2.21. The van der Waals surface area contributed by atoms with E-state index < -0.39 is 89.8 Å². The molecule has 19 nitrogen and oxygen atoms in total. The average Bonchev–Trinajstić information content (AvgIpc) is 3.62. The molecule has 1 fully saturated rings. The number of hydrogen-bond acceptors (Lipinski definition) is 16. The molecule has 0 aromatic carbocycles. The van der Waals surface area contributed by atoms with Crippen molar-refractivity contribution in [1.29, 1.82) is 0 Å². The summed E-state index contributed by atoms with van der Waals surface area (Å²) in [6.45, 7) is 1.85. The van der Waals surface area contributed by atoms with Crippen molar-refractivity contribution in [3.8, 4) is 0 Å². The molecule has 2 heterocycles. The number of phosphoric ester groups is 2. The molecule has 1 aliphatic rings. The topological polar surface area (TPSA) is 286 Å². The summed E-state index contributed by atoms with van der Waals surface area (Å²) < 4.78 is 56.6. The summed E-state index contributed by atoms with van der Waals surface area (Å²) in [7, 11) is -10.9. The quantitative estimate of drug-likeness (QED) is 0.0117. The summed E-state index contributed by atoms with van der Waals surface area (Å²) in [6, 6.07) is 1.24. The Morgan fingerprint density at radius 3 is 1.95 bits per heavy atom. The number of aliphatic hydroxyl groups excluding tert-OH is 3. The second-order valence-corrected chi connectivity index (χ2v) is 20.9. The van der Waals surface area contributed by atoms with Gasteiger partial charge in [-0.05, 0) is 76.7 Å². The summed E-state index contributed by atoms with van der Waals surface area (Å²) in [5.74, 6) is -1.52. The smallest absolute Gasteiger partial charge is 0.462 e. The molecule has 73 heavy (non-hydrogen) atoms. The largest absolute Gasteiger partial charge is 0.481 e. The minimum absolute atomic E-state index is 0.0780. The van der Waals surface area contributed by atoms with Crippen LogP contribution in [0.4, 0.5) is 5.82 Å². The molecule has 7 N–H and O–H groups in total. The number of esters is 2. The average molecular weight is 1070 g/mol. The van der Waals surface area contributed by atoms with Gasteiger partial charge in [-0.15, -0.1) is 0 Å². The fourth-order valence-electron chi connectivity index (χ4n) is 7.34. The second-order valence-electron chi connectivity index (χ2n) is 17.8. The van der Waals surface area contributed by atoms with Crippen LogP contribution in [-0.4, -0.2) is 96.9 Å². The highest BCUT2D eigenvalue weighted by Gasteiger charge is 2.46. The van der Waals surface area contributed by atoms with E-state index in [4.69, 9.17) is 29.0 Å². The van der Waals surface area contributed by atoms with Crippen LogP contribution in [0, 0.1) is 0 Å². The molecule has 0 bridgehead atoms. The van der Waals surface area contributed by atoms with Gasteiger partial charge in [-0.3, -0.25) is 23.2 Å². The molecule has 2 rings (SSSR count). The van der Waals surface area contributed by atoms with E-state index in [1.165, 1.54) is 44.6 Å². The zero-order valence-electron chi connectivity index (χ0n) is 43.0.